The van der Waals surface area contributed by atoms with Gasteiger partial charge in [0.2, 0.25) is 0 Å². The minimum Gasteiger partial charge on any atom is -0.380 e. The average molecular weight is 256 g/mol. The number of ether oxygens (including phenoxy) is 1. The van der Waals surface area contributed by atoms with Crippen molar-refractivity contribution in [3.63, 3.8) is 0 Å². The molecule has 2 N–H and O–H groups in total. The number of hydrogen-bond acceptors (Lipinski definition) is 3. The van der Waals surface area contributed by atoms with Crippen molar-refractivity contribution in [3.05, 3.63) is 0 Å². The van der Waals surface area contributed by atoms with E-state index in [2.05, 4.69) is 27.4 Å². The average Bonchev–Trinajstić information content (AvgIpc) is 3.21. The summed E-state index contributed by atoms with van der Waals surface area (Å²) in [5, 5.41) is 6.57. The predicted octanol–water partition coefficient (Wildman–Crippen LogP) is 0.672. The van der Waals surface area contributed by atoms with E-state index in [0.717, 1.165) is 51.4 Å². The van der Waals surface area contributed by atoms with E-state index in [9.17, 15) is 0 Å². The van der Waals surface area contributed by atoms with Crippen molar-refractivity contribution >= 4 is 5.96 Å². The first-order chi connectivity index (χ1) is 8.81. The predicted molar refractivity (Wildman–Crippen MR) is 76.1 cm³/mol. The molecule has 5 nitrogen and oxygen atoms in total. The minimum atomic E-state index is 0.723. The van der Waals surface area contributed by atoms with Gasteiger partial charge in [0.15, 0.2) is 5.96 Å². The Morgan fingerprint density at radius 2 is 2.00 bits per heavy atom. The molecule has 5 heteroatoms. The van der Waals surface area contributed by atoms with E-state index < -0.39 is 0 Å². The number of hydrogen-bond donors (Lipinski definition) is 2. The van der Waals surface area contributed by atoms with Gasteiger partial charge in [-0.05, 0) is 26.3 Å². The van der Waals surface area contributed by atoms with Crippen LogP contribution in [0.3, 0.4) is 0 Å². The molecule has 0 amide bonds. The van der Waals surface area contributed by atoms with Gasteiger partial charge in [-0.1, -0.05) is 6.92 Å². The summed E-state index contributed by atoms with van der Waals surface area (Å²) >= 11 is 0. The lowest BCUT2D eigenvalue weighted by Crippen LogP contribution is -2.43. The van der Waals surface area contributed by atoms with Crippen LogP contribution in [0.1, 0.15) is 26.7 Å². The van der Waals surface area contributed by atoms with Gasteiger partial charge in [-0.25, -0.2) is 0 Å². The van der Waals surface area contributed by atoms with Crippen molar-refractivity contribution in [2.75, 3.05) is 46.4 Å². The van der Waals surface area contributed by atoms with Gasteiger partial charge >= 0.3 is 0 Å². The molecule has 0 aromatic rings. The maximum absolute atomic E-state index is 5.27. The molecule has 1 saturated carbocycles. The van der Waals surface area contributed by atoms with Crippen LogP contribution < -0.4 is 10.6 Å². The SMILES string of the molecule is CCOCCNC(=NC)NCCN(CC)C1CC1. The van der Waals surface area contributed by atoms with Crippen LogP contribution in [-0.2, 0) is 4.74 Å². The Bertz CT molecular complexity index is 241. The third-order valence-corrected chi connectivity index (χ3v) is 3.13. The summed E-state index contributed by atoms with van der Waals surface area (Å²) in [4.78, 5) is 6.72. The Kier molecular flexibility index (Phi) is 7.76. The summed E-state index contributed by atoms with van der Waals surface area (Å²) < 4.78 is 5.27. The van der Waals surface area contributed by atoms with Gasteiger partial charge in [0.25, 0.3) is 0 Å². The summed E-state index contributed by atoms with van der Waals surface area (Å²) in [5.41, 5.74) is 0. The van der Waals surface area contributed by atoms with Crippen molar-refractivity contribution in [2.45, 2.75) is 32.7 Å². The van der Waals surface area contributed by atoms with Crippen LogP contribution in [0.25, 0.3) is 0 Å². The Hall–Kier alpha value is -0.810. The first-order valence-electron chi connectivity index (χ1n) is 7.08. The highest BCUT2D eigenvalue weighted by Gasteiger charge is 2.27. The number of nitrogens with one attached hydrogen (secondary N) is 2. The van der Waals surface area contributed by atoms with Gasteiger partial charge in [-0.15, -0.1) is 0 Å². The second-order valence-electron chi connectivity index (χ2n) is 4.48. The lowest BCUT2D eigenvalue weighted by Gasteiger charge is -2.20. The van der Waals surface area contributed by atoms with Gasteiger partial charge < -0.3 is 15.4 Å². The zero-order chi connectivity index (χ0) is 13.2. The van der Waals surface area contributed by atoms with Crippen LogP contribution in [-0.4, -0.2) is 63.3 Å². The summed E-state index contributed by atoms with van der Waals surface area (Å²) in [5.74, 6) is 0.863. The molecule has 106 valence electrons. The standard InChI is InChI=1S/C13H28N4O/c1-4-17(12-6-7-12)10-8-15-13(14-3)16-9-11-18-5-2/h12H,4-11H2,1-3H3,(H2,14,15,16). The van der Waals surface area contributed by atoms with E-state index in [1.165, 1.54) is 12.8 Å². The number of aliphatic imine (C=N–C) groups is 1. The molecule has 0 saturated heterocycles. The second kappa shape index (κ2) is 9.16. The molecule has 18 heavy (non-hydrogen) atoms. The fourth-order valence-electron chi connectivity index (χ4n) is 1.96. The molecule has 0 atom stereocenters. The second-order valence-corrected chi connectivity index (χ2v) is 4.48. The van der Waals surface area contributed by atoms with Crippen LogP contribution in [0.4, 0.5) is 0 Å². The molecular weight excluding hydrogens is 228 g/mol. The molecule has 1 aliphatic rings. The third-order valence-electron chi connectivity index (χ3n) is 3.13. The Labute approximate surface area is 111 Å². The van der Waals surface area contributed by atoms with E-state index in [1.54, 1.807) is 7.05 Å². The molecule has 0 radical (unpaired) electrons. The molecule has 0 heterocycles. The van der Waals surface area contributed by atoms with Gasteiger partial charge in [-0.3, -0.25) is 9.89 Å². The molecule has 1 rings (SSSR count). The summed E-state index contributed by atoms with van der Waals surface area (Å²) in [6, 6.07) is 0.838. The fourth-order valence-corrected chi connectivity index (χ4v) is 1.96. The van der Waals surface area contributed by atoms with Crippen LogP contribution >= 0.6 is 0 Å². The van der Waals surface area contributed by atoms with Crippen LogP contribution in [0.5, 0.6) is 0 Å². The topological polar surface area (TPSA) is 48.9 Å². The van der Waals surface area contributed by atoms with Gasteiger partial charge in [0, 0.05) is 39.3 Å². The minimum absolute atomic E-state index is 0.723. The van der Waals surface area contributed by atoms with E-state index >= 15 is 0 Å². The Balaban J connectivity index is 2.07. The van der Waals surface area contributed by atoms with Crippen molar-refractivity contribution in [1.82, 2.24) is 15.5 Å². The highest BCUT2D eigenvalue weighted by Crippen LogP contribution is 2.25. The van der Waals surface area contributed by atoms with Crippen molar-refractivity contribution in [1.29, 1.82) is 0 Å². The summed E-state index contributed by atoms with van der Waals surface area (Å²) in [6.07, 6.45) is 2.74. The molecule has 1 aliphatic carbocycles. The van der Waals surface area contributed by atoms with Crippen LogP contribution in [0, 0.1) is 0 Å². The maximum atomic E-state index is 5.27. The normalized spacial score (nSPS) is 16.1. The summed E-state index contributed by atoms with van der Waals surface area (Å²) in [7, 11) is 1.80. The maximum Gasteiger partial charge on any atom is 0.191 e. The van der Waals surface area contributed by atoms with Crippen LogP contribution in [0.15, 0.2) is 4.99 Å². The first-order valence-corrected chi connectivity index (χ1v) is 7.08. The highest BCUT2D eigenvalue weighted by molar-refractivity contribution is 5.79. The molecule has 1 fully saturated rings. The Morgan fingerprint density at radius 1 is 1.28 bits per heavy atom. The van der Waals surface area contributed by atoms with E-state index in [4.69, 9.17) is 4.74 Å². The monoisotopic (exact) mass is 256 g/mol. The van der Waals surface area contributed by atoms with Crippen LogP contribution in [0.2, 0.25) is 0 Å². The number of guanidine groups is 1. The number of rotatable bonds is 9. The smallest absolute Gasteiger partial charge is 0.191 e. The quantitative estimate of drug-likeness (QED) is 0.362. The molecule has 0 aromatic carbocycles. The van der Waals surface area contributed by atoms with Crippen molar-refractivity contribution < 1.29 is 4.74 Å². The lowest BCUT2D eigenvalue weighted by atomic mass is 10.4. The number of nitrogens with zero attached hydrogens (tertiary/aromatic N) is 2. The van der Waals surface area contributed by atoms with E-state index in [0.29, 0.717) is 0 Å². The fraction of sp³-hybridized carbons (Fsp3) is 0.923. The molecule has 0 aromatic heterocycles. The lowest BCUT2D eigenvalue weighted by molar-refractivity contribution is 0.152. The summed E-state index contributed by atoms with van der Waals surface area (Å²) in [6.45, 7) is 9.70. The van der Waals surface area contributed by atoms with E-state index in [-0.39, 0.29) is 0 Å². The zero-order valence-electron chi connectivity index (χ0n) is 12.0. The van der Waals surface area contributed by atoms with Crippen molar-refractivity contribution in [3.8, 4) is 0 Å². The van der Waals surface area contributed by atoms with E-state index in [1.807, 2.05) is 6.92 Å². The molecular formula is C13H28N4O. The van der Waals surface area contributed by atoms with Gasteiger partial charge in [0.05, 0.1) is 6.61 Å². The third kappa shape index (κ3) is 6.21. The van der Waals surface area contributed by atoms with Gasteiger partial charge in [-0.2, -0.15) is 0 Å². The van der Waals surface area contributed by atoms with Gasteiger partial charge in [0.1, 0.15) is 0 Å². The Morgan fingerprint density at radius 3 is 2.56 bits per heavy atom. The van der Waals surface area contributed by atoms with Crippen molar-refractivity contribution in [2.24, 2.45) is 4.99 Å². The first kappa shape index (κ1) is 15.2. The largest absolute Gasteiger partial charge is 0.380 e. The molecule has 0 unspecified atom stereocenters. The molecule has 0 spiro atoms. The molecule has 0 bridgehead atoms. The molecule has 0 aliphatic heterocycles. The number of likely N-dealkylation sites (N-methyl/N-ethyl adjacent to an activating group) is 1. The zero-order valence-corrected chi connectivity index (χ0v) is 12.0. The highest BCUT2D eigenvalue weighted by atomic mass is 16.5.